The minimum Gasteiger partial charge on any atom is -0.379 e. The van der Waals surface area contributed by atoms with Gasteiger partial charge in [-0.05, 0) is 24.1 Å². The molecule has 0 saturated heterocycles. The minimum absolute atomic E-state index is 0.474. The lowest BCUT2D eigenvalue weighted by molar-refractivity contribution is 0.0678. The van der Waals surface area contributed by atoms with Gasteiger partial charge in [0.15, 0.2) is 0 Å². The number of aromatic nitrogens is 2. The maximum Gasteiger partial charge on any atom is 0.132 e. The Morgan fingerprint density at radius 2 is 2.22 bits per heavy atom. The number of rotatable bonds is 3. The van der Waals surface area contributed by atoms with E-state index in [1.54, 1.807) is 17.9 Å². The first-order valence-corrected chi connectivity index (χ1v) is 6.82. The summed E-state index contributed by atoms with van der Waals surface area (Å²) in [6.45, 7) is 1.92. The van der Waals surface area contributed by atoms with Crippen LogP contribution in [0.5, 0.6) is 0 Å². The predicted octanol–water partition coefficient (Wildman–Crippen LogP) is 3.48. The summed E-state index contributed by atoms with van der Waals surface area (Å²) in [7, 11) is 1.78. The van der Waals surface area contributed by atoms with Gasteiger partial charge >= 0.3 is 0 Å². The van der Waals surface area contributed by atoms with Crippen molar-refractivity contribution in [1.82, 2.24) is 9.78 Å². The summed E-state index contributed by atoms with van der Waals surface area (Å²) in [6.07, 6.45) is 2.07. The summed E-state index contributed by atoms with van der Waals surface area (Å²) in [5.74, 6) is 0. The Hall–Kier alpha value is -0.840. The maximum atomic E-state index is 11.0. The van der Waals surface area contributed by atoms with E-state index in [0.29, 0.717) is 17.1 Å². The third kappa shape index (κ3) is 2.20. The van der Waals surface area contributed by atoms with Crippen molar-refractivity contribution >= 4 is 27.5 Å². The monoisotopic (exact) mass is 328 g/mol. The molecule has 1 aromatic carbocycles. The topological polar surface area (TPSA) is 38.1 Å². The van der Waals surface area contributed by atoms with E-state index in [9.17, 15) is 5.11 Å². The van der Waals surface area contributed by atoms with E-state index < -0.39 is 5.60 Å². The Kier molecular flexibility index (Phi) is 3.80. The van der Waals surface area contributed by atoms with Crippen LogP contribution >= 0.6 is 27.5 Å². The highest BCUT2D eigenvalue weighted by molar-refractivity contribution is 9.10. The molecule has 2 rings (SSSR count). The highest BCUT2D eigenvalue weighted by Gasteiger charge is 2.35. The summed E-state index contributed by atoms with van der Waals surface area (Å²) in [5, 5.41) is 15.5. The molecule has 1 N–H and O–H groups in total. The molecule has 96 valence electrons. The summed E-state index contributed by atoms with van der Waals surface area (Å²) in [4.78, 5) is 0. The highest BCUT2D eigenvalue weighted by atomic mass is 79.9. The Morgan fingerprint density at radius 3 is 2.72 bits per heavy atom. The molecule has 0 aliphatic carbocycles. The Labute approximate surface area is 120 Å². The van der Waals surface area contributed by atoms with Crippen LogP contribution in [0, 0.1) is 0 Å². The summed E-state index contributed by atoms with van der Waals surface area (Å²) in [6, 6.07) is 7.60. The average molecular weight is 330 g/mol. The van der Waals surface area contributed by atoms with Crippen molar-refractivity contribution in [3.8, 4) is 0 Å². The fourth-order valence-corrected chi connectivity index (χ4v) is 2.85. The van der Waals surface area contributed by atoms with Gasteiger partial charge in [0.2, 0.25) is 0 Å². The molecule has 1 aromatic heterocycles. The Bertz CT molecular complexity index is 550. The van der Waals surface area contributed by atoms with Gasteiger partial charge < -0.3 is 5.11 Å². The molecule has 0 saturated carbocycles. The molecular formula is C13H14BrClN2O. The zero-order valence-electron chi connectivity index (χ0n) is 10.2. The van der Waals surface area contributed by atoms with Crippen LogP contribution in [0.25, 0.3) is 0 Å². The van der Waals surface area contributed by atoms with Crippen molar-refractivity contribution in [1.29, 1.82) is 0 Å². The van der Waals surface area contributed by atoms with Gasteiger partial charge in [0.25, 0.3) is 0 Å². The third-order valence-electron chi connectivity index (χ3n) is 3.10. The molecule has 1 unspecified atom stereocenters. The smallest absolute Gasteiger partial charge is 0.132 e. The Morgan fingerprint density at radius 1 is 1.50 bits per heavy atom. The second-order valence-electron chi connectivity index (χ2n) is 4.19. The van der Waals surface area contributed by atoms with E-state index in [-0.39, 0.29) is 0 Å². The van der Waals surface area contributed by atoms with Gasteiger partial charge in [-0.25, -0.2) is 0 Å². The molecule has 3 nitrogen and oxygen atoms in total. The van der Waals surface area contributed by atoms with Crippen molar-refractivity contribution in [2.45, 2.75) is 18.9 Å². The minimum atomic E-state index is -1.13. The van der Waals surface area contributed by atoms with Gasteiger partial charge in [0.1, 0.15) is 5.60 Å². The third-order valence-corrected chi connectivity index (χ3v) is 3.87. The van der Waals surface area contributed by atoms with Crippen LogP contribution < -0.4 is 0 Å². The number of aliphatic hydroxyl groups is 1. The SMILES string of the molecule is CCC(O)(c1cccc(Br)c1)c1c(Cl)cnn1C. The molecule has 0 radical (unpaired) electrons. The highest BCUT2D eigenvalue weighted by Crippen LogP contribution is 2.37. The van der Waals surface area contributed by atoms with Crippen LogP contribution in [-0.4, -0.2) is 14.9 Å². The maximum absolute atomic E-state index is 11.0. The molecule has 2 aromatic rings. The quantitative estimate of drug-likeness (QED) is 0.936. The van der Waals surface area contributed by atoms with E-state index in [1.807, 2.05) is 31.2 Å². The van der Waals surface area contributed by atoms with E-state index in [4.69, 9.17) is 11.6 Å². The number of aryl methyl sites for hydroxylation is 1. The van der Waals surface area contributed by atoms with Crippen LogP contribution in [0.1, 0.15) is 24.6 Å². The van der Waals surface area contributed by atoms with Gasteiger partial charge in [-0.1, -0.05) is 46.6 Å². The van der Waals surface area contributed by atoms with Crippen molar-refractivity contribution in [3.05, 3.63) is 51.2 Å². The summed E-state index contributed by atoms with van der Waals surface area (Å²) >= 11 is 9.56. The largest absolute Gasteiger partial charge is 0.379 e. The normalized spacial score (nSPS) is 14.5. The lowest BCUT2D eigenvalue weighted by Crippen LogP contribution is -2.29. The summed E-state index contributed by atoms with van der Waals surface area (Å²) in [5.41, 5.74) is 0.279. The molecule has 0 amide bonds. The second-order valence-corrected chi connectivity index (χ2v) is 5.51. The molecule has 0 fully saturated rings. The van der Waals surface area contributed by atoms with Gasteiger partial charge in [-0.3, -0.25) is 4.68 Å². The first-order valence-electron chi connectivity index (χ1n) is 5.65. The van der Waals surface area contributed by atoms with Crippen LogP contribution in [0.2, 0.25) is 5.02 Å². The predicted molar refractivity (Wildman–Crippen MR) is 75.6 cm³/mol. The molecule has 0 bridgehead atoms. The first-order chi connectivity index (χ1) is 8.49. The molecule has 0 aliphatic heterocycles. The molecule has 0 spiro atoms. The van der Waals surface area contributed by atoms with Gasteiger partial charge in [-0.2, -0.15) is 5.10 Å². The standard InChI is InChI=1S/C13H14BrClN2O/c1-3-13(18,9-5-4-6-10(14)7-9)12-11(15)8-16-17(12)2/h4-8,18H,3H2,1-2H3. The van der Waals surface area contributed by atoms with Crippen LogP contribution in [0.4, 0.5) is 0 Å². The van der Waals surface area contributed by atoms with Crippen LogP contribution in [-0.2, 0) is 12.6 Å². The van der Waals surface area contributed by atoms with Crippen molar-refractivity contribution in [2.75, 3.05) is 0 Å². The average Bonchev–Trinajstić information content (AvgIpc) is 2.69. The fraction of sp³-hybridized carbons (Fsp3) is 0.308. The fourth-order valence-electron chi connectivity index (χ4n) is 2.13. The van der Waals surface area contributed by atoms with Crippen molar-refractivity contribution < 1.29 is 5.11 Å². The van der Waals surface area contributed by atoms with Crippen molar-refractivity contribution in [2.24, 2.45) is 7.05 Å². The van der Waals surface area contributed by atoms with Crippen LogP contribution in [0.15, 0.2) is 34.9 Å². The van der Waals surface area contributed by atoms with Crippen LogP contribution in [0.3, 0.4) is 0 Å². The van der Waals surface area contributed by atoms with Gasteiger partial charge in [-0.15, -0.1) is 0 Å². The number of hydrogen-bond donors (Lipinski definition) is 1. The molecule has 5 heteroatoms. The number of halogens is 2. The zero-order valence-corrected chi connectivity index (χ0v) is 12.5. The molecular weight excluding hydrogens is 316 g/mol. The van der Waals surface area contributed by atoms with Crippen molar-refractivity contribution in [3.63, 3.8) is 0 Å². The molecule has 1 atom stereocenters. The lowest BCUT2D eigenvalue weighted by Gasteiger charge is -2.28. The second kappa shape index (κ2) is 5.03. The van der Waals surface area contributed by atoms with Gasteiger partial charge in [0, 0.05) is 11.5 Å². The van der Waals surface area contributed by atoms with Gasteiger partial charge in [0.05, 0.1) is 16.9 Å². The van der Waals surface area contributed by atoms with E-state index >= 15 is 0 Å². The van der Waals surface area contributed by atoms with E-state index in [0.717, 1.165) is 10.0 Å². The number of hydrogen-bond acceptors (Lipinski definition) is 2. The van der Waals surface area contributed by atoms with E-state index in [1.165, 1.54) is 0 Å². The van der Waals surface area contributed by atoms with E-state index in [2.05, 4.69) is 21.0 Å². The molecule has 1 heterocycles. The zero-order chi connectivity index (χ0) is 13.3. The lowest BCUT2D eigenvalue weighted by atomic mass is 9.88. The first kappa shape index (κ1) is 13.6. The molecule has 18 heavy (non-hydrogen) atoms. The Balaban J connectivity index is 2.62. The summed E-state index contributed by atoms with van der Waals surface area (Å²) < 4.78 is 2.54. The molecule has 0 aliphatic rings. The number of benzene rings is 1. The number of nitrogens with zero attached hydrogens (tertiary/aromatic N) is 2.